The molecule has 1 aliphatic heterocycles. The molecule has 3 unspecified atom stereocenters. The Bertz CT molecular complexity index is 511. The number of benzene rings is 1. The lowest BCUT2D eigenvalue weighted by Crippen LogP contribution is -2.52. The van der Waals surface area contributed by atoms with Crippen LogP contribution >= 0.6 is 12.4 Å². The average Bonchev–Trinajstić information content (AvgIpc) is 3.09. The molecule has 2 N–H and O–H groups in total. The molecular formula is C21H35ClN2O. The van der Waals surface area contributed by atoms with Crippen molar-refractivity contribution in [2.24, 2.45) is 5.92 Å². The highest BCUT2D eigenvalue weighted by molar-refractivity contribution is 5.85. The molecule has 3 rings (SSSR count). The summed E-state index contributed by atoms with van der Waals surface area (Å²) in [5.74, 6) is 0.712. The highest BCUT2D eigenvalue weighted by atomic mass is 35.5. The Hall–Kier alpha value is -0.610. The Morgan fingerprint density at radius 2 is 1.96 bits per heavy atom. The van der Waals surface area contributed by atoms with Crippen molar-refractivity contribution in [3.05, 3.63) is 35.4 Å². The van der Waals surface area contributed by atoms with Crippen LogP contribution in [0.3, 0.4) is 0 Å². The molecule has 25 heavy (non-hydrogen) atoms. The predicted octanol–water partition coefficient (Wildman–Crippen LogP) is 3.70. The number of hydrogen-bond donors (Lipinski definition) is 2. The van der Waals surface area contributed by atoms with Gasteiger partial charge in [-0.15, -0.1) is 12.4 Å². The molecule has 3 nitrogen and oxygen atoms in total. The maximum absolute atomic E-state index is 5.69. The summed E-state index contributed by atoms with van der Waals surface area (Å²) in [7, 11) is 0. The fourth-order valence-electron chi connectivity index (χ4n) is 4.26. The summed E-state index contributed by atoms with van der Waals surface area (Å²) < 4.78 is 5.69. The monoisotopic (exact) mass is 366 g/mol. The Morgan fingerprint density at radius 3 is 2.60 bits per heavy atom. The van der Waals surface area contributed by atoms with E-state index in [1.165, 1.54) is 30.4 Å². The Labute approximate surface area is 159 Å². The van der Waals surface area contributed by atoms with E-state index in [2.05, 4.69) is 55.7 Å². The first-order valence-corrected chi connectivity index (χ1v) is 9.74. The summed E-state index contributed by atoms with van der Waals surface area (Å²) in [6, 6.07) is 10.3. The van der Waals surface area contributed by atoms with Crippen molar-refractivity contribution in [3.8, 4) is 0 Å². The molecule has 3 atom stereocenters. The van der Waals surface area contributed by atoms with Crippen molar-refractivity contribution in [2.75, 3.05) is 26.3 Å². The second-order valence-corrected chi connectivity index (χ2v) is 8.15. The van der Waals surface area contributed by atoms with Crippen LogP contribution in [0.5, 0.6) is 0 Å². The van der Waals surface area contributed by atoms with Gasteiger partial charge in [0.05, 0.1) is 13.2 Å². The second-order valence-electron chi connectivity index (χ2n) is 8.15. The number of nitrogens with one attached hydrogen (secondary N) is 2. The minimum absolute atomic E-state index is 0. The van der Waals surface area contributed by atoms with Crippen LogP contribution in [0.1, 0.15) is 51.2 Å². The predicted molar refractivity (Wildman–Crippen MR) is 108 cm³/mol. The van der Waals surface area contributed by atoms with E-state index < -0.39 is 0 Å². The number of ether oxygens (including phenoxy) is 1. The molecule has 142 valence electrons. The molecule has 1 heterocycles. The Kier molecular flexibility index (Phi) is 7.75. The van der Waals surface area contributed by atoms with E-state index >= 15 is 0 Å². The summed E-state index contributed by atoms with van der Waals surface area (Å²) >= 11 is 0. The lowest BCUT2D eigenvalue weighted by Gasteiger charge is -2.35. The highest BCUT2D eigenvalue weighted by Crippen LogP contribution is 2.31. The van der Waals surface area contributed by atoms with Gasteiger partial charge >= 0.3 is 0 Å². The van der Waals surface area contributed by atoms with Crippen LogP contribution in [-0.2, 0) is 16.6 Å². The van der Waals surface area contributed by atoms with Gasteiger partial charge in [0.1, 0.15) is 0 Å². The van der Waals surface area contributed by atoms with E-state index in [4.69, 9.17) is 4.74 Å². The quantitative estimate of drug-likeness (QED) is 0.805. The molecule has 1 aromatic carbocycles. The zero-order valence-corrected chi connectivity index (χ0v) is 16.8. The SMILES string of the molecule is CCc1ccc(C(C)(C)CNC2CCCC2C2COCCN2)cc1.Cl. The normalized spacial score (nSPS) is 27.1. The summed E-state index contributed by atoms with van der Waals surface area (Å²) in [5.41, 5.74) is 3.01. The average molecular weight is 367 g/mol. The van der Waals surface area contributed by atoms with Gasteiger partial charge in [-0.05, 0) is 36.3 Å². The van der Waals surface area contributed by atoms with E-state index in [1.54, 1.807) is 0 Å². The van der Waals surface area contributed by atoms with Gasteiger partial charge in [0, 0.05) is 30.6 Å². The van der Waals surface area contributed by atoms with Gasteiger partial charge in [0.15, 0.2) is 0 Å². The van der Waals surface area contributed by atoms with Crippen LogP contribution in [0.2, 0.25) is 0 Å². The van der Waals surface area contributed by atoms with Crippen LogP contribution in [0.25, 0.3) is 0 Å². The van der Waals surface area contributed by atoms with Gasteiger partial charge in [-0.1, -0.05) is 51.5 Å². The molecule has 1 saturated heterocycles. The van der Waals surface area contributed by atoms with E-state index in [0.29, 0.717) is 18.0 Å². The van der Waals surface area contributed by atoms with Crippen molar-refractivity contribution in [3.63, 3.8) is 0 Å². The second kappa shape index (κ2) is 9.36. The van der Waals surface area contributed by atoms with E-state index in [0.717, 1.165) is 32.7 Å². The molecule has 0 radical (unpaired) electrons. The van der Waals surface area contributed by atoms with Gasteiger partial charge in [0.2, 0.25) is 0 Å². The first kappa shape index (κ1) is 20.7. The maximum Gasteiger partial charge on any atom is 0.0623 e. The summed E-state index contributed by atoms with van der Waals surface area (Å²) in [5, 5.41) is 7.57. The molecule has 0 spiro atoms. The van der Waals surface area contributed by atoms with E-state index in [1.807, 2.05) is 0 Å². The van der Waals surface area contributed by atoms with Crippen molar-refractivity contribution < 1.29 is 4.74 Å². The summed E-state index contributed by atoms with van der Waals surface area (Å²) in [4.78, 5) is 0. The first-order valence-electron chi connectivity index (χ1n) is 9.74. The van der Waals surface area contributed by atoms with Gasteiger partial charge < -0.3 is 15.4 Å². The molecule has 0 amide bonds. The molecule has 0 bridgehead atoms. The van der Waals surface area contributed by atoms with Gasteiger partial charge in [0.25, 0.3) is 0 Å². The largest absolute Gasteiger partial charge is 0.379 e. The highest BCUT2D eigenvalue weighted by Gasteiger charge is 2.35. The van der Waals surface area contributed by atoms with Crippen molar-refractivity contribution >= 4 is 12.4 Å². The molecule has 0 aromatic heterocycles. The standard InChI is InChI=1S/C21H34N2O.ClH/c1-4-16-8-10-17(11-9-16)21(2,3)15-23-19-7-5-6-18(19)20-14-24-13-12-22-20;/h8-11,18-20,22-23H,4-7,12-15H2,1-3H3;1H. The minimum atomic E-state index is 0. The zero-order valence-electron chi connectivity index (χ0n) is 16.0. The third-order valence-electron chi connectivity index (χ3n) is 5.99. The Morgan fingerprint density at radius 1 is 1.20 bits per heavy atom. The molecule has 1 aromatic rings. The molecular weight excluding hydrogens is 332 g/mol. The maximum atomic E-state index is 5.69. The van der Waals surface area contributed by atoms with E-state index in [-0.39, 0.29) is 17.8 Å². The van der Waals surface area contributed by atoms with Crippen LogP contribution in [0.4, 0.5) is 0 Å². The third kappa shape index (κ3) is 5.19. The van der Waals surface area contributed by atoms with Crippen molar-refractivity contribution in [2.45, 2.75) is 64.0 Å². The fourth-order valence-corrected chi connectivity index (χ4v) is 4.26. The number of halogens is 1. The molecule has 2 fully saturated rings. The van der Waals surface area contributed by atoms with Crippen molar-refractivity contribution in [1.82, 2.24) is 10.6 Å². The molecule has 1 saturated carbocycles. The number of aryl methyl sites for hydroxylation is 1. The Balaban J connectivity index is 0.00000225. The van der Waals surface area contributed by atoms with Crippen LogP contribution in [0, 0.1) is 5.92 Å². The smallest absolute Gasteiger partial charge is 0.0623 e. The molecule has 4 heteroatoms. The van der Waals surface area contributed by atoms with Gasteiger partial charge in [-0.2, -0.15) is 0 Å². The summed E-state index contributed by atoms with van der Waals surface area (Å²) in [6.07, 6.45) is 5.07. The molecule has 1 aliphatic carbocycles. The molecule has 2 aliphatic rings. The third-order valence-corrected chi connectivity index (χ3v) is 5.99. The van der Waals surface area contributed by atoms with Crippen LogP contribution < -0.4 is 10.6 Å². The summed E-state index contributed by atoms with van der Waals surface area (Å²) in [6.45, 7) is 10.7. The number of morpholine rings is 1. The van der Waals surface area contributed by atoms with Crippen LogP contribution in [0.15, 0.2) is 24.3 Å². The number of hydrogen-bond acceptors (Lipinski definition) is 3. The lowest BCUT2D eigenvalue weighted by molar-refractivity contribution is 0.0522. The van der Waals surface area contributed by atoms with E-state index in [9.17, 15) is 0 Å². The van der Waals surface area contributed by atoms with Gasteiger partial charge in [-0.3, -0.25) is 0 Å². The number of rotatable bonds is 6. The first-order chi connectivity index (χ1) is 11.6. The van der Waals surface area contributed by atoms with Crippen LogP contribution in [-0.4, -0.2) is 38.4 Å². The van der Waals surface area contributed by atoms with Crippen molar-refractivity contribution in [1.29, 1.82) is 0 Å². The topological polar surface area (TPSA) is 33.3 Å². The fraction of sp³-hybridized carbons (Fsp3) is 0.714. The minimum Gasteiger partial charge on any atom is -0.379 e. The van der Waals surface area contributed by atoms with Gasteiger partial charge in [-0.25, -0.2) is 0 Å². The lowest BCUT2D eigenvalue weighted by atomic mass is 9.83. The zero-order chi connectivity index (χ0) is 17.0.